The van der Waals surface area contributed by atoms with Gasteiger partial charge < -0.3 is 10.4 Å². The van der Waals surface area contributed by atoms with Gasteiger partial charge in [0.05, 0.1) is 24.4 Å². The SMILES string of the molecule is Cn1ncc2c1C(CC(=O)O)NCC2. The Kier molecular flexibility index (Phi) is 2.25. The Morgan fingerprint density at radius 3 is 3.36 bits per heavy atom. The van der Waals surface area contributed by atoms with Gasteiger partial charge in [0.2, 0.25) is 0 Å². The molecule has 1 aromatic rings. The van der Waals surface area contributed by atoms with E-state index >= 15 is 0 Å². The lowest BCUT2D eigenvalue weighted by Crippen LogP contribution is -2.32. The average molecular weight is 195 g/mol. The number of nitrogens with one attached hydrogen (secondary N) is 1. The molecule has 0 saturated heterocycles. The molecule has 0 radical (unpaired) electrons. The zero-order chi connectivity index (χ0) is 10.1. The first-order chi connectivity index (χ1) is 6.68. The molecule has 14 heavy (non-hydrogen) atoms. The molecule has 0 bridgehead atoms. The van der Waals surface area contributed by atoms with Crippen LogP contribution in [0.2, 0.25) is 0 Å². The molecule has 2 N–H and O–H groups in total. The highest BCUT2D eigenvalue weighted by molar-refractivity contribution is 5.68. The van der Waals surface area contributed by atoms with E-state index in [-0.39, 0.29) is 12.5 Å². The maximum Gasteiger partial charge on any atom is 0.305 e. The van der Waals surface area contributed by atoms with Gasteiger partial charge in [-0.1, -0.05) is 0 Å². The highest BCUT2D eigenvalue weighted by atomic mass is 16.4. The van der Waals surface area contributed by atoms with Crippen LogP contribution in [0.5, 0.6) is 0 Å². The van der Waals surface area contributed by atoms with Crippen LogP contribution in [0.25, 0.3) is 0 Å². The standard InChI is InChI=1S/C9H13N3O2/c1-12-9-6(5-11-12)2-3-10-7(9)4-8(13)14/h5,7,10H,2-4H2,1H3,(H,13,14). The van der Waals surface area contributed by atoms with E-state index in [2.05, 4.69) is 10.4 Å². The number of aromatic nitrogens is 2. The van der Waals surface area contributed by atoms with Crippen molar-refractivity contribution in [2.75, 3.05) is 6.54 Å². The highest BCUT2D eigenvalue weighted by Gasteiger charge is 2.25. The van der Waals surface area contributed by atoms with Crippen LogP contribution in [0, 0.1) is 0 Å². The van der Waals surface area contributed by atoms with Crippen LogP contribution in [0.15, 0.2) is 6.20 Å². The largest absolute Gasteiger partial charge is 0.481 e. The molecule has 0 spiro atoms. The minimum atomic E-state index is -0.781. The Hall–Kier alpha value is -1.36. The Bertz CT molecular complexity index is 359. The summed E-state index contributed by atoms with van der Waals surface area (Å²) in [6, 6.07) is -0.0938. The second-order valence-corrected chi connectivity index (χ2v) is 3.53. The van der Waals surface area contributed by atoms with Crippen molar-refractivity contribution in [3.05, 3.63) is 17.5 Å². The zero-order valence-corrected chi connectivity index (χ0v) is 8.03. The number of aliphatic carboxylic acids is 1. The van der Waals surface area contributed by atoms with Crippen molar-refractivity contribution in [3.63, 3.8) is 0 Å². The van der Waals surface area contributed by atoms with Crippen LogP contribution < -0.4 is 5.32 Å². The van der Waals surface area contributed by atoms with Crippen LogP contribution >= 0.6 is 0 Å². The number of carbonyl (C=O) groups is 1. The first-order valence-corrected chi connectivity index (χ1v) is 4.64. The summed E-state index contributed by atoms with van der Waals surface area (Å²) in [5.74, 6) is -0.781. The molecule has 0 amide bonds. The van der Waals surface area contributed by atoms with Crippen LogP contribution in [-0.4, -0.2) is 27.4 Å². The van der Waals surface area contributed by atoms with Gasteiger partial charge in [-0.2, -0.15) is 5.10 Å². The van der Waals surface area contributed by atoms with Crippen molar-refractivity contribution >= 4 is 5.97 Å². The predicted octanol–water partition coefficient (Wildman–Crippen LogP) is 0.0816. The normalized spacial score (nSPS) is 20.5. The first kappa shape index (κ1) is 9.21. The summed E-state index contributed by atoms with van der Waals surface area (Å²) in [4.78, 5) is 10.6. The molecule has 2 rings (SSSR count). The number of rotatable bonds is 2. The molecule has 5 heteroatoms. The maximum atomic E-state index is 10.6. The monoisotopic (exact) mass is 195 g/mol. The quantitative estimate of drug-likeness (QED) is 0.701. The van der Waals surface area contributed by atoms with Gasteiger partial charge in [0, 0.05) is 7.05 Å². The number of hydrogen-bond donors (Lipinski definition) is 2. The van der Waals surface area contributed by atoms with Crippen molar-refractivity contribution < 1.29 is 9.90 Å². The first-order valence-electron chi connectivity index (χ1n) is 4.64. The summed E-state index contributed by atoms with van der Waals surface area (Å²) in [5.41, 5.74) is 2.18. The van der Waals surface area contributed by atoms with Crippen LogP contribution in [-0.2, 0) is 18.3 Å². The number of fused-ring (bicyclic) bond motifs is 1. The molecule has 1 unspecified atom stereocenters. The fourth-order valence-corrected chi connectivity index (χ4v) is 1.96. The fourth-order valence-electron chi connectivity index (χ4n) is 1.96. The smallest absolute Gasteiger partial charge is 0.305 e. The summed E-state index contributed by atoms with van der Waals surface area (Å²) in [6.07, 6.45) is 2.87. The molecule has 0 aliphatic carbocycles. The Morgan fingerprint density at radius 2 is 2.64 bits per heavy atom. The summed E-state index contributed by atoms with van der Waals surface area (Å²) >= 11 is 0. The Balaban J connectivity index is 2.29. The van der Waals surface area contributed by atoms with E-state index in [1.165, 1.54) is 0 Å². The van der Waals surface area contributed by atoms with E-state index in [0.29, 0.717) is 0 Å². The molecule has 0 aromatic carbocycles. The maximum absolute atomic E-state index is 10.6. The van der Waals surface area contributed by atoms with Crippen molar-refractivity contribution in [1.29, 1.82) is 0 Å². The summed E-state index contributed by atoms with van der Waals surface area (Å²) in [7, 11) is 1.85. The Morgan fingerprint density at radius 1 is 1.86 bits per heavy atom. The topological polar surface area (TPSA) is 67.2 Å². The molecule has 1 aromatic heterocycles. The number of carboxylic acids is 1. The number of hydrogen-bond acceptors (Lipinski definition) is 3. The van der Waals surface area contributed by atoms with Crippen LogP contribution in [0.1, 0.15) is 23.7 Å². The second kappa shape index (κ2) is 3.42. The van der Waals surface area contributed by atoms with Gasteiger partial charge in [-0.15, -0.1) is 0 Å². The number of aryl methyl sites for hydroxylation is 1. The third kappa shape index (κ3) is 1.50. The fraction of sp³-hybridized carbons (Fsp3) is 0.556. The molecular weight excluding hydrogens is 182 g/mol. The lowest BCUT2D eigenvalue weighted by Gasteiger charge is -2.23. The summed E-state index contributed by atoms with van der Waals surface area (Å²) in [6.45, 7) is 0.830. The van der Waals surface area contributed by atoms with Crippen molar-refractivity contribution in [2.24, 2.45) is 7.05 Å². The van der Waals surface area contributed by atoms with E-state index in [0.717, 1.165) is 24.2 Å². The van der Waals surface area contributed by atoms with Gasteiger partial charge in [-0.25, -0.2) is 0 Å². The van der Waals surface area contributed by atoms with Crippen molar-refractivity contribution in [3.8, 4) is 0 Å². The van der Waals surface area contributed by atoms with Gasteiger partial charge in [0.1, 0.15) is 0 Å². The van der Waals surface area contributed by atoms with Crippen molar-refractivity contribution in [2.45, 2.75) is 18.9 Å². The van der Waals surface area contributed by atoms with Crippen LogP contribution in [0.4, 0.5) is 0 Å². The number of carboxylic acid groups (broad SMARTS) is 1. The van der Waals surface area contributed by atoms with E-state index in [9.17, 15) is 4.79 Å². The average Bonchev–Trinajstić information content (AvgIpc) is 2.48. The highest BCUT2D eigenvalue weighted by Crippen LogP contribution is 2.24. The molecule has 1 aliphatic heterocycles. The van der Waals surface area contributed by atoms with Crippen molar-refractivity contribution in [1.82, 2.24) is 15.1 Å². The lowest BCUT2D eigenvalue weighted by molar-refractivity contribution is -0.137. The summed E-state index contributed by atoms with van der Waals surface area (Å²) in [5, 5.41) is 16.1. The van der Waals surface area contributed by atoms with Gasteiger partial charge in [-0.3, -0.25) is 9.48 Å². The lowest BCUT2D eigenvalue weighted by atomic mass is 10.00. The van der Waals surface area contributed by atoms with Crippen LogP contribution in [0.3, 0.4) is 0 Å². The molecule has 0 fully saturated rings. The van der Waals surface area contributed by atoms with E-state index in [1.807, 2.05) is 13.2 Å². The second-order valence-electron chi connectivity index (χ2n) is 3.53. The summed E-state index contributed by atoms with van der Waals surface area (Å²) < 4.78 is 1.76. The molecule has 1 aliphatic rings. The van der Waals surface area contributed by atoms with E-state index < -0.39 is 5.97 Å². The molecule has 76 valence electrons. The third-order valence-electron chi connectivity index (χ3n) is 2.56. The van der Waals surface area contributed by atoms with E-state index in [1.54, 1.807) is 4.68 Å². The third-order valence-corrected chi connectivity index (χ3v) is 2.56. The van der Waals surface area contributed by atoms with Gasteiger partial charge in [0.25, 0.3) is 0 Å². The predicted molar refractivity (Wildman–Crippen MR) is 49.9 cm³/mol. The minimum absolute atomic E-state index is 0.0938. The van der Waals surface area contributed by atoms with Gasteiger partial charge in [0.15, 0.2) is 0 Å². The molecule has 5 nitrogen and oxygen atoms in total. The van der Waals surface area contributed by atoms with E-state index in [4.69, 9.17) is 5.11 Å². The molecule has 0 saturated carbocycles. The molecule has 2 heterocycles. The van der Waals surface area contributed by atoms with Gasteiger partial charge in [-0.05, 0) is 18.5 Å². The zero-order valence-electron chi connectivity index (χ0n) is 8.03. The number of nitrogens with zero attached hydrogens (tertiary/aromatic N) is 2. The minimum Gasteiger partial charge on any atom is -0.481 e. The molecule has 1 atom stereocenters. The van der Waals surface area contributed by atoms with Gasteiger partial charge >= 0.3 is 5.97 Å². The Labute approximate surface area is 81.7 Å². The molecular formula is C9H13N3O2.